The van der Waals surface area contributed by atoms with Gasteiger partial charge in [0.25, 0.3) is 0 Å². The van der Waals surface area contributed by atoms with E-state index in [9.17, 15) is 0 Å². The maximum atomic E-state index is 5.72. The van der Waals surface area contributed by atoms with E-state index in [-0.39, 0.29) is 0 Å². The molecule has 1 heterocycles. The summed E-state index contributed by atoms with van der Waals surface area (Å²) in [6.45, 7) is 2.00. The molecule has 2 rings (SSSR count). The molecule has 1 aliphatic carbocycles. The summed E-state index contributed by atoms with van der Waals surface area (Å²) in [5, 5.41) is 3.32. The third-order valence-electron chi connectivity index (χ3n) is 3.88. The minimum absolute atomic E-state index is 0.408. The molecule has 1 atom stereocenters. The molecular formula is C14H25NO. The summed E-state index contributed by atoms with van der Waals surface area (Å²) in [4.78, 5) is 0. The zero-order valence-corrected chi connectivity index (χ0v) is 10.5. The Morgan fingerprint density at radius 3 is 2.62 bits per heavy atom. The molecule has 1 N–H and O–H groups in total. The number of rotatable bonds is 4. The van der Waals surface area contributed by atoms with Crippen molar-refractivity contribution in [2.75, 3.05) is 20.2 Å². The average molecular weight is 223 g/mol. The molecule has 0 aromatic rings. The molecule has 0 bridgehead atoms. The highest BCUT2D eigenvalue weighted by molar-refractivity contribution is 5.12. The Kier molecular flexibility index (Phi) is 4.86. The van der Waals surface area contributed by atoms with E-state index in [0.29, 0.717) is 6.10 Å². The summed E-state index contributed by atoms with van der Waals surface area (Å²) in [7, 11) is 2.05. The first-order chi connectivity index (χ1) is 7.90. The van der Waals surface area contributed by atoms with Gasteiger partial charge >= 0.3 is 0 Å². The first-order valence-corrected chi connectivity index (χ1v) is 6.87. The number of hydrogen-bond acceptors (Lipinski definition) is 2. The molecular weight excluding hydrogens is 198 g/mol. The summed E-state index contributed by atoms with van der Waals surface area (Å²) >= 11 is 0. The Labute approximate surface area is 99.4 Å². The standard InChI is InChI=1S/C14H25NO/c1-15-11-13(10-14-8-5-9-16-14)12-6-3-2-4-7-12/h10,12,14-15H,2-9,11H2,1H3/b13-10-. The van der Waals surface area contributed by atoms with E-state index in [1.807, 2.05) is 7.05 Å². The van der Waals surface area contributed by atoms with Crippen LogP contribution in [0, 0.1) is 5.92 Å². The van der Waals surface area contributed by atoms with Crippen molar-refractivity contribution in [2.24, 2.45) is 5.92 Å². The summed E-state index contributed by atoms with van der Waals surface area (Å²) in [5.41, 5.74) is 1.61. The first-order valence-electron chi connectivity index (χ1n) is 6.87. The fourth-order valence-corrected chi connectivity index (χ4v) is 2.99. The van der Waals surface area contributed by atoms with Gasteiger partial charge in [0.2, 0.25) is 0 Å². The van der Waals surface area contributed by atoms with Gasteiger partial charge in [-0.15, -0.1) is 0 Å². The van der Waals surface area contributed by atoms with Gasteiger partial charge in [0, 0.05) is 13.2 Å². The van der Waals surface area contributed by atoms with Crippen molar-refractivity contribution in [3.63, 3.8) is 0 Å². The van der Waals surface area contributed by atoms with E-state index in [2.05, 4.69) is 11.4 Å². The van der Waals surface area contributed by atoms with E-state index in [1.54, 1.807) is 5.57 Å². The van der Waals surface area contributed by atoms with Gasteiger partial charge in [-0.1, -0.05) is 30.9 Å². The molecule has 0 radical (unpaired) electrons. The minimum atomic E-state index is 0.408. The van der Waals surface area contributed by atoms with E-state index in [0.717, 1.165) is 19.1 Å². The molecule has 16 heavy (non-hydrogen) atoms. The molecule has 1 saturated carbocycles. The highest BCUT2D eigenvalue weighted by Crippen LogP contribution is 2.30. The zero-order chi connectivity index (χ0) is 11.2. The van der Waals surface area contributed by atoms with Crippen LogP contribution >= 0.6 is 0 Å². The zero-order valence-electron chi connectivity index (χ0n) is 10.5. The fourth-order valence-electron chi connectivity index (χ4n) is 2.99. The Hall–Kier alpha value is -0.340. The molecule has 1 unspecified atom stereocenters. The van der Waals surface area contributed by atoms with Crippen LogP contribution in [0.4, 0.5) is 0 Å². The second-order valence-electron chi connectivity index (χ2n) is 5.16. The third-order valence-corrected chi connectivity index (χ3v) is 3.88. The third kappa shape index (κ3) is 3.33. The van der Waals surface area contributed by atoms with Gasteiger partial charge in [-0.25, -0.2) is 0 Å². The normalized spacial score (nSPS) is 28.6. The molecule has 2 heteroatoms. The topological polar surface area (TPSA) is 21.3 Å². The highest BCUT2D eigenvalue weighted by Gasteiger charge is 2.20. The predicted molar refractivity (Wildman–Crippen MR) is 67.6 cm³/mol. The van der Waals surface area contributed by atoms with Crippen LogP contribution in [-0.2, 0) is 4.74 Å². The lowest BCUT2D eigenvalue weighted by Crippen LogP contribution is -2.21. The Balaban J connectivity index is 1.96. The van der Waals surface area contributed by atoms with Gasteiger partial charge in [-0.2, -0.15) is 0 Å². The second kappa shape index (κ2) is 6.41. The van der Waals surface area contributed by atoms with Crippen molar-refractivity contribution >= 4 is 0 Å². The van der Waals surface area contributed by atoms with Gasteiger partial charge in [0.1, 0.15) is 0 Å². The van der Waals surface area contributed by atoms with Crippen molar-refractivity contribution in [3.05, 3.63) is 11.6 Å². The number of ether oxygens (including phenoxy) is 1. The Bertz CT molecular complexity index is 225. The molecule has 0 amide bonds. The Morgan fingerprint density at radius 1 is 1.19 bits per heavy atom. The summed E-state index contributed by atoms with van der Waals surface area (Å²) < 4.78 is 5.72. The van der Waals surface area contributed by atoms with E-state index < -0.39 is 0 Å². The summed E-state index contributed by atoms with van der Waals surface area (Å²) in [6.07, 6.45) is 12.3. The van der Waals surface area contributed by atoms with Gasteiger partial charge in [-0.05, 0) is 38.6 Å². The molecule has 2 fully saturated rings. The predicted octanol–water partition coefficient (Wildman–Crippen LogP) is 2.89. The molecule has 0 aromatic carbocycles. The van der Waals surface area contributed by atoms with Crippen molar-refractivity contribution < 1.29 is 4.74 Å². The van der Waals surface area contributed by atoms with Crippen LogP contribution < -0.4 is 5.32 Å². The molecule has 1 aliphatic heterocycles. The molecule has 2 aliphatic rings. The largest absolute Gasteiger partial charge is 0.374 e. The van der Waals surface area contributed by atoms with Crippen LogP contribution in [0.1, 0.15) is 44.9 Å². The molecule has 0 aromatic heterocycles. The minimum Gasteiger partial charge on any atom is -0.374 e. The van der Waals surface area contributed by atoms with Gasteiger partial charge in [0.15, 0.2) is 0 Å². The SMILES string of the molecule is CNC/C(=C/C1CCCO1)C1CCCCC1. The maximum absolute atomic E-state index is 5.72. The van der Waals surface area contributed by atoms with E-state index >= 15 is 0 Å². The quantitative estimate of drug-likeness (QED) is 0.740. The van der Waals surface area contributed by atoms with E-state index in [1.165, 1.54) is 44.9 Å². The monoisotopic (exact) mass is 223 g/mol. The summed E-state index contributed by atoms with van der Waals surface area (Å²) in [6, 6.07) is 0. The van der Waals surface area contributed by atoms with Crippen molar-refractivity contribution in [1.29, 1.82) is 0 Å². The van der Waals surface area contributed by atoms with Crippen LogP contribution in [0.25, 0.3) is 0 Å². The molecule has 0 spiro atoms. The highest BCUT2D eigenvalue weighted by atomic mass is 16.5. The maximum Gasteiger partial charge on any atom is 0.0759 e. The number of nitrogens with one attached hydrogen (secondary N) is 1. The molecule has 92 valence electrons. The van der Waals surface area contributed by atoms with Gasteiger partial charge < -0.3 is 10.1 Å². The fraction of sp³-hybridized carbons (Fsp3) is 0.857. The van der Waals surface area contributed by atoms with Crippen molar-refractivity contribution in [1.82, 2.24) is 5.32 Å². The van der Waals surface area contributed by atoms with Crippen molar-refractivity contribution in [2.45, 2.75) is 51.0 Å². The first kappa shape index (κ1) is 12.1. The van der Waals surface area contributed by atoms with Crippen LogP contribution in [0.3, 0.4) is 0 Å². The van der Waals surface area contributed by atoms with Crippen LogP contribution in [-0.4, -0.2) is 26.3 Å². The number of likely N-dealkylation sites (N-methyl/N-ethyl adjacent to an activating group) is 1. The Morgan fingerprint density at radius 2 is 2.00 bits per heavy atom. The van der Waals surface area contributed by atoms with Gasteiger partial charge in [-0.3, -0.25) is 0 Å². The lowest BCUT2D eigenvalue weighted by Gasteiger charge is -2.25. The lowest BCUT2D eigenvalue weighted by molar-refractivity contribution is 0.144. The van der Waals surface area contributed by atoms with Crippen LogP contribution in [0.15, 0.2) is 11.6 Å². The smallest absolute Gasteiger partial charge is 0.0759 e. The summed E-state index contributed by atoms with van der Waals surface area (Å²) in [5.74, 6) is 0.824. The molecule has 2 nitrogen and oxygen atoms in total. The molecule has 1 saturated heterocycles. The number of hydrogen-bond donors (Lipinski definition) is 1. The van der Waals surface area contributed by atoms with E-state index in [4.69, 9.17) is 4.74 Å². The van der Waals surface area contributed by atoms with Crippen LogP contribution in [0.2, 0.25) is 0 Å². The van der Waals surface area contributed by atoms with Crippen LogP contribution in [0.5, 0.6) is 0 Å². The second-order valence-corrected chi connectivity index (χ2v) is 5.16. The lowest BCUT2D eigenvalue weighted by atomic mass is 9.83. The van der Waals surface area contributed by atoms with Gasteiger partial charge in [0.05, 0.1) is 6.10 Å². The average Bonchev–Trinajstić information content (AvgIpc) is 2.83. The van der Waals surface area contributed by atoms with Crippen molar-refractivity contribution in [3.8, 4) is 0 Å².